The van der Waals surface area contributed by atoms with Gasteiger partial charge in [0.2, 0.25) is 15.9 Å². The number of amides is 2. The first-order valence-corrected chi connectivity index (χ1v) is 11.9. The van der Waals surface area contributed by atoms with Crippen LogP contribution in [0.5, 0.6) is 0 Å². The Labute approximate surface area is 182 Å². The molecular formula is C22H27N3O5S. The molecule has 2 amide bonds. The summed E-state index contributed by atoms with van der Waals surface area (Å²) in [5.41, 5.74) is 2.07. The van der Waals surface area contributed by atoms with Gasteiger partial charge < -0.3 is 15.0 Å². The predicted molar refractivity (Wildman–Crippen MR) is 120 cm³/mol. The molecule has 0 radical (unpaired) electrons. The lowest BCUT2D eigenvalue weighted by Crippen LogP contribution is -2.45. The Kier molecular flexibility index (Phi) is 6.97. The highest BCUT2D eigenvalue weighted by Crippen LogP contribution is 2.23. The van der Waals surface area contributed by atoms with Crippen LogP contribution in [0.1, 0.15) is 22.8 Å². The molecule has 1 N–H and O–H groups in total. The van der Waals surface area contributed by atoms with Gasteiger partial charge in [-0.1, -0.05) is 29.8 Å². The zero-order valence-corrected chi connectivity index (χ0v) is 18.7. The zero-order valence-electron chi connectivity index (χ0n) is 17.9. The van der Waals surface area contributed by atoms with E-state index in [9.17, 15) is 18.0 Å². The Morgan fingerprint density at radius 1 is 1.06 bits per heavy atom. The smallest absolute Gasteiger partial charge is 0.256 e. The van der Waals surface area contributed by atoms with Crippen molar-refractivity contribution < 1.29 is 22.7 Å². The monoisotopic (exact) mass is 445 g/mol. The lowest BCUT2D eigenvalue weighted by atomic mass is 10.1. The number of aryl methyl sites for hydroxylation is 1. The van der Waals surface area contributed by atoms with E-state index < -0.39 is 22.0 Å². The number of para-hydroxylation sites is 1. The maximum absolute atomic E-state index is 13.0. The zero-order chi connectivity index (χ0) is 22.6. The predicted octanol–water partition coefficient (Wildman–Crippen LogP) is 2.26. The molecule has 8 nitrogen and oxygen atoms in total. The third-order valence-electron chi connectivity index (χ3n) is 5.09. The van der Waals surface area contributed by atoms with Gasteiger partial charge in [-0.3, -0.25) is 13.9 Å². The maximum Gasteiger partial charge on any atom is 0.256 e. The molecule has 9 heteroatoms. The topological polar surface area (TPSA) is 96.0 Å². The van der Waals surface area contributed by atoms with Gasteiger partial charge in [-0.25, -0.2) is 8.42 Å². The SMILES string of the molecule is Cc1ccc(N([C@@H](C)C(=O)Nc2ccccc2C(=O)N2CCOCC2)S(C)(=O)=O)cc1. The number of benzene rings is 2. The molecule has 2 aromatic carbocycles. The van der Waals surface area contributed by atoms with Crippen molar-refractivity contribution in [2.45, 2.75) is 19.9 Å². The van der Waals surface area contributed by atoms with Gasteiger partial charge in [-0.05, 0) is 38.1 Å². The Morgan fingerprint density at radius 2 is 1.68 bits per heavy atom. The molecule has 1 heterocycles. The van der Waals surface area contributed by atoms with E-state index in [2.05, 4.69) is 5.32 Å². The number of morpholine rings is 1. The fourth-order valence-corrected chi connectivity index (χ4v) is 4.63. The van der Waals surface area contributed by atoms with Crippen LogP contribution in [0.25, 0.3) is 0 Å². The van der Waals surface area contributed by atoms with Crippen LogP contribution in [0, 0.1) is 6.92 Å². The fraction of sp³-hybridized carbons (Fsp3) is 0.364. The summed E-state index contributed by atoms with van der Waals surface area (Å²) < 4.78 is 31.3. The molecule has 1 aliphatic heterocycles. The van der Waals surface area contributed by atoms with Gasteiger partial charge in [0.05, 0.1) is 36.4 Å². The van der Waals surface area contributed by atoms with Crippen LogP contribution in [0.3, 0.4) is 0 Å². The summed E-state index contributed by atoms with van der Waals surface area (Å²) >= 11 is 0. The van der Waals surface area contributed by atoms with Crippen molar-refractivity contribution in [3.05, 3.63) is 59.7 Å². The lowest BCUT2D eigenvalue weighted by molar-refractivity contribution is -0.116. The van der Waals surface area contributed by atoms with E-state index in [0.717, 1.165) is 16.1 Å². The molecule has 1 fully saturated rings. The van der Waals surface area contributed by atoms with Crippen molar-refractivity contribution in [2.24, 2.45) is 0 Å². The lowest BCUT2D eigenvalue weighted by Gasteiger charge is -2.29. The van der Waals surface area contributed by atoms with Gasteiger partial charge in [0.25, 0.3) is 5.91 Å². The molecule has 1 aliphatic rings. The van der Waals surface area contributed by atoms with Gasteiger partial charge in [0.1, 0.15) is 6.04 Å². The van der Waals surface area contributed by atoms with Crippen molar-refractivity contribution >= 4 is 33.2 Å². The summed E-state index contributed by atoms with van der Waals surface area (Å²) in [5.74, 6) is -0.737. The first kappa shape index (κ1) is 22.8. The highest BCUT2D eigenvalue weighted by atomic mass is 32.2. The number of anilines is 2. The Morgan fingerprint density at radius 3 is 2.29 bits per heavy atom. The highest BCUT2D eigenvalue weighted by Gasteiger charge is 2.30. The highest BCUT2D eigenvalue weighted by molar-refractivity contribution is 7.92. The average Bonchev–Trinajstić information content (AvgIpc) is 2.75. The molecule has 1 atom stereocenters. The number of nitrogens with one attached hydrogen (secondary N) is 1. The molecule has 0 saturated carbocycles. The minimum Gasteiger partial charge on any atom is -0.378 e. The Bertz CT molecular complexity index is 1050. The summed E-state index contributed by atoms with van der Waals surface area (Å²) in [4.78, 5) is 27.6. The summed E-state index contributed by atoms with van der Waals surface area (Å²) in [6.07, 6.45) is 1.06. The second kappa shape index (κ2) is 9.49. The minimum absolute atomic E-state index is 0.203. The normalized spacial score (nSPS) is 15.3. The van der Waals surface area contributed by atoms with E-state index in [4.69, 9.17) is 4.74 Å². The van der Waals surface area contributed by atoms with E-state index in [1.807, 2.05) is 6.92 Å². The van der Waals surface area contributed by atoms with Crippen LogP contribution in [-0.2, 0) is 19.6 Å². The van der Waals surface area contributed by atoms with Crippen molar-refractivity contribution in [1.29, 1.82) is 0 Å². The van der Waals surface area contributed by atoms with Crippen LogP contribution >= 0.6 is 0 Å². The molecule has 0 aliphatic carbocycles. The standard InChI is InChI=1S/C22H27N3O5S/c1-16-8-10-18(11-9-16)25(31(3,28)29)17(2)21(26)23-20-7-5-4-6-19(20)22(27)24-12-14-30-15-13-24/h4-11,17H,12-15H2,1-3H3,(H,23,26)/t17-/m0/s1. The van der Waals surface area contributed by atoms with Crippen molar-refractivity contribution in [3.8, 4) is 0 Å². The number of carbonyl (C=O) groups is 2. The minimum atomic E-state index is -3.73. The second-order valence-corrected chi connectivity index (χ2v) is 9.37. The van der Waals surface area contributed by atoms with Gasteiger partial charge in [-0.2, -0.15) is 0 Å². The molecule has 166 valence electrons. The second-order valence-electron chi connectivity index (χ2n) is 7.51. The number of ether oxygens (including phenoxy) is 1. The molecule has 3 rings (SSSR count). The third-order valence-corrected chi connectivity index (χ3v) is 6.33. The summed E-state index contributed by atoms with van der Waals surface area (Å²) in [7, 11) is -3.73. The first-order chi connectivity index (χ1) is 14.7. The molecule has 0 unspecified atom stereocenters. The van der Waals surface area contributed by atoms with E-state index in [0.29, 0.717) is 43.2 Å². The van der Waals surface area contributed by atoms with E-state index in [-0.39, 0.29) is 5.91 Å². The Hall–Kier alpha value is -2.91. The van der Waals surface area contributed by atoms with E-state index in [1.165, 1.54) is 6.92 Å². The molecule has 2 aromatic rings. The molecular weight excluding hydrogens is 418 g/mol. The van der Waals surface area contributed by atoms with Crippen LogP contribution in [0.2, 0.25) is 0 Å². The number of hydrogen-bond donors (Lipinski definition) is 1. The Balaban J connectivity index is 1.84. The number of sulfonamides is 1. The maximum atomic E-state index is 13.0. The quantitative estimate of drug-likeness (QED) is 0.736. The largest absolute Gasteiger partial charge is 0.378 e. The first-order valence-electron chi connectivity index (χ1n) is 10.0. The summed E-state index contributed by atoms with van der Waals surface area (Å²) in [6.45, 7) is 5.31. The van der Waals surface area contributed by atoms with Gasteiger partial charge in [0.15, 0.2) is 0 Å². The van der Waals surface area contributed by atoms with Crippen molar-refractivity contribution in [1.82, 2.24) is 4.90 Å². The molecule has 0 spiro atoms. The van der Waals surface area contributed by atoms with Gasteiger partial charge in [0, 0.05) is 13.1 Å². The van der Waals surface area contributed by atoms with E-state index >= 15 is 0 Å². The van der Waals surface area contributed by atoms with Crippen LogP contribution in [0.4, 0.5) is 11.4 Å². The van der Waals surface area contributed by atoms with Crippen LogP contribution in [0.15, 0.2) is 48.5 Å². The van der Waals surface area contributed by atoms with Gasteiger partial charge in [-0.15, -0.1) is 0 Å². The van der Waals surface area contributed by atoms with Crippen molar-refractivity contribution in [2.75, 3.05) is 42.2 Å². The van der Waals surface area contributed by atoms with Crippen LogP contribution < -0.4 is 9.62 Å². The fourth-order valence-electron chi connectivity index (χ4n) is 3.45. The molecule has 0 bridgehead atoms. The summed E-state index contributed by atoms with van der Waals surface area (Å²) in [6, 6.07) is 12.6. The molecule has 31 heavy (non-hydrogen) atoms. The number of hydrogen-bond acceptors (Lipinski definition) is 5. The average molecular weight is 446 g/mol. The van der Waals surface area contributed by atoms with E-state index in [1.54, 1.807) is 53.4 Å². The number of carbonyl (C=O) groups excluding carboxylic acids is 2. The molecule has 1 saturated heterocycles. The van der Waals surface area contributed by atoms with Gasteiger partial charge >= 0.3 is 0 Å². The third kappa shape index (κ3) is 5.42. The molecule has 0 aromatic heterocycles. The van der Waals surface area contributed by atoms with Crippen LogP contribution in [-0.4, -0.2) is 63.7 Å². The van der Waals surface area contributed by atoms with Crippen molar-refractivity contribution in [3.63, 3.8) is 0 Å². The summed E-state index contributed by atoms with van der Waals surface area (Å²) in [5, 5.41) is 2.74. The number of nitrogens with zero attached hydrogens (tertiary/aromatic N) is 2. The number of rotatable bonds is 6.